The molecule has 0 aliphatic carbocycles. The minimum absolute atomic E-state index is 0.353. The second kappa shape index (κ2) is 6.99. The quantitative estimate of drug-likeness (QED) is 0.557. The van der Waals surface area contributed by atoms with Gasteiger partial charge >= 0.3 is 0 Å². The normalized spacial score (nSPS) is 11.9. The summed E-state index contributed by atoms with van der Waals surface area (Å²) in [6.07, 6.45) is 0.451. The van der Waals surface area contributed by atoms with Crippen LogP contribution in [0.5, 0.6) is 5.75 Å². The van der Waals surface area contributed by atoms with Crippen LogP contribution in [0.15, 0.2) is 24.3 Å². The lowest BCUT2D eigenvalue weighted by Gasteiger charge is -2.11. The van der Waals surface area contributed by atoms with Gasteiger partial charge in [0.1, 0.15) is 5.75 Å². The number of ether oxygens (including phenoxy) is 2. The molecule has 1 atom stereocenters. The zero-order chi connectivity index (χ0) is 12.7. The van der Waals surface area contributed by atoms with Gasteiger partial charge in [0.2, 0.25) is 0 Å². The number of rotatable bonds is 6. The van der Waals surface area contributed by atoms with Gasteiger partial charge in [-0.3, -0.25) is 4.79 Å². The average molecular weight is 232 g/mol. The summed E-state index contributed by atoms with van der Waals surface area (Å²) in [5, 5.41) is 0. The van der Waals surface area contributed by atoms with Crippen molar-refractivity contribution in [2.24, 2.45) is 0 Å². The summed E-state index contributed by atoms with van der Waals surface area (Å²) in [4.78, 5) is 11.2. The van der Waals surface area contributed by atoms with Crippen LogP contribution in [0.2, 0.25) is 5.82 Å². The molecule has 2 radical (unpaired) electrons. The van der Waals surface area contributed by atoms with Gasteiger partial charge in [0.15, 0.2) is 0 Å². The van der Waals surface area contributed by atoms with Crippen molar-refractivity contribution >= 4 is 13.8 Å². The molecule has 1 aromatic rings. The first kappa shape index (κ1) is 13.6. The molecule has 0 aromatic heterocycles. The summed E-state index contributed by atoms with van der Waals surface area (Å²) in [6, 6.07) is 7.73. The summed E-state index contributed by atoms with van der Waals surface area (Å²) in [6.45, 7) is 4.53. The van der Waals surface area contributed by atoms with Crippen molar-refractivity contribution in [3.63, 3.8) is 0 Å². The lowest BCUT2D eigenvalue weighted by Crippen LogP contribution is -2.15. The minimum atomic E-state index is -0.611. The molecule has 1 rings (SSSR count). The molecule has 0 heterocycles. The fourth-order valence-corrected chi connectivity index (χ4v) is 1.31. The van der Waals surface area contributed by atoms with Crippen LogP contribution >= 0.6 is 0 Å². The number of benzene rings is 1. The predicted molar refractivity (Wildman–Crippen MR) is 67.4 cm³/mol. The maximum atomic E-state index is 11.2. The number of aryl methyl sites for hydroxylation is 1. The molecule has 0 fully saturated rings. The van der Waals surface area contributed by atoms with Crippen molar-refractivity contribution in [3.05, 3.63) is 29.8 Å². The van der Waals surface area contributed by atoms with E-state index in [9.17, 15) is 4.79 Å². The molecule has 3 nitrogen and oxygen atoms in total. The van der Waals surface area contributed by atoms with Crippen molar-refractivity contribution in [1.29, 1.82) is 0 Å². The zero-order valence-electron chi connectivity index (χ0n) is 10.3. The maximum absolute atomic E-state index is 11.2. The number of esters is 1. The average Bonchev–Trinajstić information content (AvgIpc) is 2.32. The van der Waals surface area contributed by atoms with Crippen LogP contribution in [0.3, 0.4) is 0 Å². The van der Waals surface area contributed by atoms with Crippen molar-refractivity contribution in [1.82, 2.24) is 0 Å². The highest BCUT2D eigenvalue weighted by Crippen LogP contribution is 2.14. The Kier molecular flexibility index (Phi) is 5.60. The fourth-order valence-electron chi connectivity index (χ4n) is 1.31. The second-order valence-electron chi connectivity index (χ2n) is 3.81. The van der Waals surface area contributed by atoms with Crippen LogP contribution in [0.4, 0.5) is 0 Å². The SMILES string of the molecule is [B]C(CCOc1ccc(C)cc1)C(=O)OCC. The highest BCUT2D eigenvalue weighted by molar-refractivity contribution is 6.22. The van der Waals surface area contributed by atoms with Crippen LogP contribution in [-0.4, -0.2) is 27.0 Å². The Labute approximate surface area is 104 Å². The van der Waals surface area contributed by atoms with Crippen LogP contribution in [0.1, 0.15) is 18.9 Å². The molecule has 0 aliphatic rings. The van der Waals surface area contributed by atoms with E-state index in [0.717, 1.165) is 5.75 Å². The van der Waals surface area contributed by atoms with E-state index >= 15 is 0 Å². The number of hydrogen-bond donors (Lipinski definition) is 0. The third kappa shape index (κ3) is 4.94. The summed E-state index contributed by atoms with van der Waals surface area (Å²) in [5.74, 6) is -0.202. The first-order chi connectivity index (χ1) is 8.13. The lowest BCUT2D eigenvalue weighted by molar-refractivity contribution is -0.143. The van der Waals surface area contributed by atoms with Gasteiger partial charge in [-0.25, -0.2) is 0 Å². The minimum Gasteiger partial charge on any atom is -0.494 e. The van der Waals surface area contributed by atoms with Gasteiger partial charge in [-0.1, -0.05) is 17.7 Å². The summed E-state index contributed by atoms with van der Waals surface area (Å²) >= 11 is 0. The standard InChI is InChI=1S/C13H17BO3/c1-3-16-13(15)12(14)8-9-17-11-6-4-10(2)5-7-11/h4-7,12H,3,8-9H2,1-2H3. The van der Waals surface area contributed by atoms with Gasteiger partial charge < -0.3 is 9.47 Å². The van der Waals surface area contributed by atoms with E-state index in [2.05, 4.69) is 0 Å². The van der Waals surface area contributed by atoms with E-state index in [1.54, 1.807) is 6.92 Å². The molecular weight excluding hydrogens is 215 g/mol. The van der Waals surface area contributed by atoms with Crippen LogP contribution in [-0.2, 0) is 9.53 Å². The monoisotopic (exact) mass is 232 g/mol. The van der Waals surface area contributed by atoms with Crippen molar-refractivity contribution in [3.8, 4) is 5.75 Å². The van der Waals surface area contributed by atoms with Crippen molar-refractivity contribution in [2.75, 3.05) is 13.2 Å². The van der Waals surface area contributed by atoms with Crippen LogP contribution < -0.4 is 4.74 Å². The summed E-state index contributed by atoms with van der Waals surface area (Å²) in [5.41, 5.74) is 1.18. The largest absolute Gasteiger partial charge is 0.494 e. The Morgan fingerprint density at radius 1 is 1.35 bits per heavy atom. The molecule has 17 heavy (non-hydrogen) atoms. The molecule has 0 aliphatic heterocycles. The summed E-state index contributed by atoms with van der Waals surface area (Å²) in [7, 11) is 5.64. The maximum Gasteiger partial charge on any atom is 0.300 e. The van der Waals surface area contributed by atoms with Crippen molar-refractivity contribution in [2.45, 2.75) is 26.1 Å². The zero-order valence-corrected chi connectivity index (χ0v) is 10.3. The molecule has 90 valence electrons. The molecule has 1 unspecified atom stereocenters. The van der Waals surface area contributed by atoms with E-state index in [4.69, 9.17) is 17.3 Å². The van der Waals surface area contributed by atoms with Gasteiger partial charge in [0, 0.05) is 5.82 Å². The predicted octanol–water partition coefficient (Wildman–Crippen LogP) is 2.28. The highest BCUT2D eigenvalue weighted by atomic mass is 16.5. The molecular formula is C13H17BO3. The van der Waals surface area contributed by atoms with Gasteiger partial charge in [-0.2, -0.15) is 0 Å². The van der Waals surface area contributed by atoms with E-state index in [1.165, 1.54) is 5.56 Å². The molecule has 4 heteroatoms. The Balaban J connectivity index is 2.27. The first-order valence-electron chi connectivity index (χ1n) is 5.75. The third-order valence-electron chi connectivity index (χ3n) is 2.31. The van der Waals surface area contributed by atoms with Gasteiger partial charge in [0.25, 0.3) is 5.97 Å². The van der Waals surface area contributed by atoms with Gasteiger partial charge in [0.05, 0.1) is 21.1 Å². The molecule has 1 aromatic carbocycles. The van der Waals surface area contributed by atoms with E-state index in [0.29, 0.717) is 19.6 Å². The van der Waals surface area contributed by atoms with Crippen LogP contribution in [0.25, 0.3) is 0 Å². The van der Waals surface area contributed by atoms with Gasteiger partial charge in [-0.05, 0) is 32.4 Å². The van der Waals surface area contributed by atoms with E-state index < -0.39 is 5.82 Å². The van der Waals surface area contributed by atoms with Gasteiger partial charge in [-0.15, -0.1) is 0 Å². The third-order valence-corrected chi connectivity index (χ3v) is 2.31. The van der Waals surface area contributed by atoms with E-state index in [-0.39, 0.29) is 5.97 Å². The molecule has 0 saturated heterocycles. The Morgan fingerprint density at radius 2 is 2.00 bits per heavy atom. The molecule has 0 amide bonds. The van der Waals surface area contributed by atoms with E-state index in [1.807, 2.05) is 31.2 Å². The Hall–Kier alpha value is -1.45. The molecule has 0 N–H and O–H groups in total. The topological polar surface area (TPSA) is 35.5 Å². The van der Waals surface area contributed by atoms with Crippen LogP contribution in [0, 0.1) is 6.92 Å². The number of hydrogen-bond acceptors (Lipinski definition) is 3. The number of carbonyl (C=O) groups excluding carboxylic acids is 1. The Bertz CT molecular complexity index is 348. The Morgan fingerprint density at radius 3 is 2.59 bits per heavy atom. The lowest BCUT2D eigenvalue weighted by atomic mass is 9.85. The molecule has 0 spiro atoms. The second-order valence-corrected chi connectivity index (χ2v) is 3.81. The van der Waals surface area contributed by atoms with Crippen molar-refractivity contribution < 1.29 is 14.3 Å². The fraction of sp³-hybridized carbons (Fsp3) is 0.462. The summed E-state index contributed by atoms with van der Waals surface area (Å²) < 4.78 is 10.3. The molecule has 0 saturated carbocycles. The highest BCUT2D eigenvalue weighted by Gasteiger charge is 2.12. The first-order valence-corrected chi connectivity index (χ1v) is 5.75. The number of carbonyl (C=O) groups is 1. The smallest absolute Gasteiger partial charge is 0.300 e. The molecule has 0 bridgehead atoms.